The fourth-order valence-electron chi connectivity index (χ4n) is 2.62. The maximum Gasteiger partial charge on any atom is 0.0546 e. The van der Waals surface area contributed by atoms with E-state index in [1.807, 2.05) is 0 Å². The topological polar surface area (TPSA) is 24.5 Å². The standard InChI is InChI=1S/C14H30N2O/c1-5-13(3)16(4)11-14(10-15-6-2)8-7-9-17-12-14/h13,15H,5-12H2,1-4H3. The van der Waals surface area contributed by atoms with E-state index in [0.29, 0.717) is 11.5 Å². The molecule has 0 aromatic carbocycles. The van der Waals surface area contributed by atoms with E-state index in [4.69, 9.17) is 4.74 Å². The predicted molar refractivity (Wildman–Crippen MR) is 73.4 cm³/mol. The Hall–Kier alpha value is -0.120. The van der Waals surface area contributed by atoms with Gasteiger partial charge in [-0.2, -0.15) is 0 Å². The molecule has 0 radical (unpaired) electrons. The molecule has 0 aliphatic carbocycles. The molecular formula is C14H30N2O. The van der Waals surface area contributed by atoms with Crippen molar-refractivity contribution < 1.29 is 4.74 Å². The van der Waals surface area contributed by atoms with Gasteiger partial charge in [-0.25, -0.2) is 0 Å². The first kappa shape index (κ1) is 14.9. The molecule has 0 bridgehead atoms. The highest BCUT2D eigenvalue weighted by Crippen LogP contribution is 2.29. The van der Waals surface area contributed by atoms with E-state index in [0.717, 1.165) is 32.8 Å². The fraction of sp³-hybridized carbons (Fsp3) is 1.00. The second kappa shape index (κ2) is 7.34. The Morgan fingerprint density at radius 1 is 1.41 bits per heavy atom. The van der Waals surface area contributed by atoms with Crippen LogP contribution in [0.2, 0.25) is 0 Å². The first-order chi connectivity index (χ1) is 8.13. The van der Waals surface area contributed by atoms with Gasteiger partial charge in [0.05, 0.1) is 6.61 Å². The van der Waals surface area contributed by atoms with Crippen molar-refractivity contribution in [1.29, 1.82) is 0 Å². The molecule has 102 valence electrons. The summed E-state index contributed by atoms with van der Waals surface area (Å²) in [5, 5.41) is 3.51. The third-order valence-corrected chi connectivity index (χ3v) is 4.08. The highest BCUT2D eigenvalue weighted by molar-refractivity contribution is 4.87. The lowest BCUT2D eigenvalue weighted by Crippen LogP contribution is -2.49. The predicted octanol–water partition coefficient (Wildman–Crippen LogP) is 2.12. The monoisotopic (exact) mass is 242 g/mol. The summed E-state index contributed by atoms with van der Waals surface area (Å²) in [7, 11) is 2.25. The quantitative estimate of drug-likeness (QED) is 0.740. The van der Waals surface area contributed by atoms with Gasteiger partial charge in [0.25, 0.3) is 0 Å². The first-order valence-electron chi connectivity index (χ1n) is 7.12. The van der Waals surface area contributed by atoms with Crippen LogP contribution in [-0.2, 0) is 4.74 Å². The summed E-state index contributed by atoms with van der Waals surface area (Å²) in [6.45, 7) is 11.9. The Bertz CT molecular complexity index is 202. The van der Waals surface area contributed by atoms with Crippen LogP contribution in [-0.4, -0.2) is 50.8 Å². The van der Waals surface area contributed by atoms with E-state index in [1.165, 1.54) is 19.3 Å². The van der Waals surface area contributed by atoms with Crippen LogP contribution in [0.4, 0.5) is 0 Å². The van der Waals surface area contributed by atoms with Crippen LogP contribution in [0, 0.1) is 5.41 Å². The zero-order chi connectivity index (χ0) is 12.7. The van der Waals surface area contributed by atoms with Gasteiger partial charge < -0.3 is 15.0 Å². The molecule has 3 heteroatoms. The van der Waals surface area contributed by atoms with Gasteiger partial charge in [0.15, 0.2) is 0 Å². The molecule has 1 N–H and O–H groups in total. The maximum atomic E-state index is 5.73. The van der Waals surface area contributed by atoms with Gasteiger partial charge in [-0.3, -0.25) is 0 Å². The Morgan fingerprint density at radius 2 is 2.18 bits per heavy atom. The second-order valence-electron chi connectivity index (χ2n) is 5.61. The molecule has 17 heavy (non-hydrogen) atoms. The minimum absolute atomic E-state index is 0.326. The molecular weight excluding hydrogens is 212 g/mol. The molecule has 0 aromatic heterocycles. The van der Waals surface area contributed by atoms with Crippen molar-refractivity contribution in [3.8, 4) is 0 Å². The highest BCUT2D eigenvalue weighted by atomic mass is 16.5. The molecule has 2 atom stereocenters. The van der Waals surface area contributed by atoms with Crippen LogP contribution < -0.4 is 5.32 Å². The molecule has 1 heterocycles. The van der Waals surface area contributed by atoms with Crippen LogP contribution >= 0.6 is 0 Å². The average Bonchev–Trinajstić information content (AvgIpc) is 2.36. The van der Waals surface area contributed by atoms with Gasteiger partial charge in [0, 0.05) is 31.2 Å². The summed E-state index contributed by atoms with van der Waals surface area (Å²) in [6, 6.07) is 0.662. The van der Waals surface area contributed by atoms with E-state index in [1.54, 1.807) is 0 Å². The molecule has 1 rings (SSSR count). The molecule has 0 aromatic rings. The van der Waals surface area contributed by atoms with Crippen molar-refractivity contribution in [2.45, 2.75) is 46.1 Å². The number of hydrogen-bond acceptors (Lipinski definition) is 3. The number of ether oxygens (including phenoxy) is 1. The molecule has 0 amide bonds. The van der Waals surface area contributed by atoms with Crippen LogP contribution in [0.15, 0.2) is 0 Å². The summed E-state index contributed by atoms with van der Waals surface area (Å²) in [5.41, 5.74) is 0.326. The Morgan fingerprint density at radius 3 is 2.71 bits per heavy atom. The molecule has 1 aliphatic heterocycles. The maximum absolute atomic E-state index is 5.73. The molecule has 1 fully saturated rings. The van der Waals surface area contributed by atoms with Gasteiger partial charge in [-0.1, -0.05) is 13.8 Å². The van der Waals surface area contributed by atoms with Crippen molar-refractivity contribution in [1.82, 2.24) is 10.2 Å². The zero-order valence-electron chi connectivity index (χ0n) is 12.1. The Balaban J connectivity index is 2.55. The zero-order valence-corrected chi connectivity index (χ0v) is 12.1. The lowest BCUT2D eigenvalue weighted by atomic mass is 9.81. The Labute approximate surface area is 107 Å². The smallest absolute Gasteiger partial charge is 0.0546 e. The second-order valence-corrected chi connectivity index (χ2v) is 5.61. The summed E-state index contributed by atoms with van der Waals surface area (Å²) in [4.78, 5) is 2.49. The van der Waals surface area contributed by atoms with Gasteiger partial charge in [-0.15, -0.1) is 0 Å². The highest BCUT2D eigenvalue weighted by Gasteiger charge is 2.34. The van der Waals surface area contributed by atoms with Gasteiger partial charge in [-0.05, 0) is 39.8 Å². The summed E-state index contributed by atoms with van der Waals surface area (Å²) in [5.74, 6) is 0. The van der Waals surface area contributed by atoms with Crippen LogP contribution in [0.1, 0.15) is 40.0 Å². The minimum atomic E-state index is 0.326. The summed E-state index contributed by atoms with van der Waals surface area (Å²) >= 11 is 0. The van der Waals surface area contributed by atoms with E-state index in [2.05, 4.69) is 38.0 Å². The van der Waals surface area contributed by atoms with Gasteiger partial charge in [0.1, 0.15) is 0 Å². The van der Waals surface area contributed by atoms with Gasteiger partial charge >= 0.3 is 0 Å². The van der Waals surface area contributed by atoms with Crippen molar-refractivity contribution in [3.05, 3.63) is 0 Å². The third kappa shape index (κ3) is 4.57. The van der Waals surface area contributed by atoms with Crippen molar-refractivity contribution in [3.63, 3.8) is 0 Å². The molecule has 1 aliphatic rings. The number of rotatable bonds is 7. The third-order valence-electron chi connectivity index (χ3n) is 4.08. The van der Waals surface area contributed by atoms with Crippen LogP contribution in [0.5, 0.6) is 0 Å². The normalized spacial score (nSPS) is 27.4. The number of nitrogens with zero attached hydrogens (tertiary/aromatic N) is 1. The van der Waals surface area contributed by atoms with E-state index in [-0.39, 0.29) is 0 Å². The fourth-order valence-corrected chi connectivity index (χ4v) is 2.62. The summed E-state index contributed by atoms with van der Waals surface area (Å²) < 4.78 is 5.73. The van der Waals surface area contributed by atoms with E-state index in [9.17, 15) is 0 Å². The van der Waals surface area contributed by atoms with E-state index < -0.39 is 0 Å². The lowest BCUT2D eigenvalue weighted by molar-refractivity contribution is -0.0272. The van der Waals surface area contributed by atoms with Crippen LogP contribution in [0.25, 0.3) is 0 Å². The van der Waals surface area contributed by atoms with Crippen molar-refractivity contribution in [2.24, 2.45) is 5.41 Å². The first-order valence-corrected chi connectivity index (χ1v) is 7.12. The number of nitrogens with one attached hydrogen (secondary N) is 1. The Kier molecular flexibility index (Phi) is 6.45. The van der Waals surface area contributed by atoms with Gasteiger partial charge in [0.2, 0.25) is 0 Å². The minimum Gasteiger partial charge on any atom is -0.381 e. The SMILES string of the molecule is CCNCC1(CN(C)C(C)CC)CCCOC1. The number of hydrogen-bond donors (Lipinski definition) is 1. The van der Waals surface area contributed by atoms with E-state index >= 15 is 0 Å². The lowest BCUT2D eigenvalue weighted by Gasteiger charge is -2.41. The average molecular weight is 242 g/mol. The van der Waals surface area contributed by atoms with Crippen molar-refractivity contribution >= 4 is 0 Å². The molecule has 3 nitrogen and oxygen atoms in total. The summed E-state index contributed by atoms with van der Waals surface area (Å²) in [6.07, 6.45) is 3.72. The molecule has 2 unspecified atom stereocenters. The van der Waals surface area contributed by atoms with Crippen LogP contribution in [0.3, 0.4) is 0 Å². The largest absolute Gasteiger partial charge is 0.381 e. The molecule has 1 saturated heterocycles. The molecule has 0 spiro atoms. The van der Waals surface area contributed by atoms with Crippen molar-refractivity contribution in [2.75, 3.05) is 39.9 Å². The molecule has 0 saturated carbocycles.